The summed E-state index contributed by atoms with van der Waals surface area (Å²) in [7, 11) is 0. The number of nitrogens with zero attached hydrogens (tertiary/aromatic N) is 1. The van der Waals surface area contributed by atoms with Gasteiger partial charge in [-0.25, -0.2) is 8.78 Å². The summed E-state index contributed by atoms with van der Waals surface area (Å²) in [5, 5.41) is 3.62. The van der Waals surface area contributed by atoms with Crippen molar-refractivity contribution in [1.29, 1.82) is 0 Å². The lowest BCUT2D eigenvalue weighted by Gasteiger charge is -2.03. The molecule has 0 aliphatic carbocycles. The number of alkyl halides is 2. The molecule has 0 spiro atoms. The highest BCUT2D eigenvalue weighted by Gasteiger charge is 2.10. The summed E-state index contributed by atoms with van der Waals surface area (Å²) in [4.78, 5) is 4.85. The summed E-state index contributed by atoms with van der Waals surface area (Å²) < 4.78 is 25.0. The quantitative estimate of drug-likeness (QED) is 0.417. The molecule has 0 heterocycles. The minimum absolute atomic E-state index is 0.0265. The van der Waals surface area contributed by atoms with Crippen molar-refractivity contribution in [3.05, 3.63) is 35.4 Å². The fourth-order valence-corrected chi connectivity index (χ4v) is 1.07. The van der Waals surface area contributed by atoms with E-state index in [0.29, 0.717) is 12.2 Å². The van der Waals surface area contributed by atoms with Crippen LogP contribution >= 0.6 is 0 Å². The first-order valence-corrected chi connectivity index (χ1v) is 4.78. The molecule has 0 aliphatic heterocycles. The first-order valence-electron chi connectivity index (χ1n) is 4.78. The molecule has 1 rings (SSSR count). The smallest absolute Gasteiger partial charge is 0.264 e. The van der Waals surface area contributed by atoms with Gasteiger partial charge in [0, 0.05) is 11.1 Å². The molecule has 0 N–H and O–H groups in total. The molecule has 0 amide bonds. The predicted octanol–water partition coefficient (Wildman–Crippen LogP) is 3.38. The Morgan fingerprint density at radius 1 is 1.40 bits per heavy atom. The maximum Gasteiger partial charge on any atom is 0.264 e. The van der Waals surface area contributed by atoms with Gasteiger partial charge >= 0.3 is 0 Å². The van der Waals surface area contributed by atoms with E-state index >= 15 is 0 Å². The van der Waals surface area contributed by atoms with Crippen molar-refractivity contribution in [3.8, 4) is 0 Å². The second kappa shape index (κ2) is 6.11. The molecule has 1 aromatic rings. The molecule has 0 aromatic heterocycles. The maximum atomic E-state index is 12.5. The van der Waals surface area contributed by atoms with Crippen molar-refractivity contribution in [2.45, 2.75) is 19.8 Å². The standard InChI is InChI=1S/C11H13F2NO/c1-2-7-15-14-8-9-5-3-4-6-10(9)11(12)13/h3-6,8,11H,2,7H2,1H3. The molecular weight excluding hydrogens is 200 g/mol. The summed E-state index contributed by atoms with van der Waals surface area (Å²) in [6, 6.07) is 6.23. The molecular formula is C11H13F2NO. The molecule has 1 aromatic carbocycles. The Bertz CT molecular complexity index is 326. The Balaban J connectivity index is 2.71. The Kier molecular flexibility index (Phi) is 4.74. The van der Waals surface area contributed by atoms with Crippen molar-refractivity contribution in [2.24, 2.45) is 5.16 Å². The van der Waals surface area contributed by atoms with Crippen LogP contribution in [0.15, 0.2) is 29.4 Å². The van der Waals surface area contributed by atoms with Gasteiger partial charge in [0.2, 0.25) is 0 Å². The summed E-state index contributed by atoms with van der Waals surface area (Å²) in [5.74, 6) is 0. The molecule has 0 unspecified atom stereocenters. The van der Waals surface area contributed by atoms with Crippen LogP contribution in [0.5, 0.6) is 0 Å². The van der Waals surface area contributed by atoms with Crippen LogP contribution in [-0.2, 0) is 4.84 Å². The van der Waals surface area contributed by atoms with E-state index in [2.05, 4.69) is 5.16 Å². The predicted molar refractivity (Wildman–Crippen MR) is 55.2 cm³/mol. The number of hydrogen-bond donors (Lipinski definition) is 0. The normalized spacial score (nSPS) is 11.2. The van der Waals surface area contributed by atoms with E-state index in [9.17, 15) is 8.78 Å². The fourth-order valence-electron chi connectivity index (χ4n) is 1.07. The summed E-state index contributed by atoms with van der Waals surface area (Å²) >= 11 is 0. The van der Waals surface area contributed by atoms with Gasteiger partial charge in [-0.2, -0.15) is 0 Å². The highest BCUT2D eigenvalue weighted by molar-refractivity contribution is 5.81. The van der Waals surface area contributed by atoms with Gasteiger partial charge in [0.15, 0.2) is 0 Å². The molecule has 4 heteroatoms. The van der Waals surface area contributed by atoms with Crippen LogP contribution in [0.3, 0.4) is 0 Å². The molecule has 15 heavy (non-hydrogen) atoms. The van der Waals surface area contributed by atoms with Crippen molar-refractivity contribution in [1.82, 2.24) is 0 Å². The zero-order chi connectivity index (χ0) is 11.1. The van der Waals surface area contributed by atoms with E-state index in [0.717, 1.165) is 6.42 Å². The van der Waals surface area contributed by atoms with E-state index in [1.807, 2.05) is 6.92 Å². The van der Waals surface area contributed by atoms with Gasteiger partial charge in [-0.1, -0.05) is 36.3 Å². The van der Waals surface area contributed by atoms with Crippen LogP contribution in [0, 0.1) is 0 Å². The van der Waals surface area contributed by atoms with Crippen molar-refractivity contribution in [2.75, 3.05) is 6.61 Å². The Labute approximate surface area is 87.6 Å². The Hall–Kier alpha value is -1.45. The van der Waals surface area contributed by atoms with Gasteiger partial charge in [0.25, 0.3) is 6.43 Å². The number of rotatable bonds is 5. The minimum atomic E-state index is -2.49. The highest BCUT2D eigenvalue weighted by Crippen LogP contribution is 2.21. The van der Waals surface area contributed by atoms with Gasteiger partial charge in [0.05, 0.1) is 6.21 Å². The topological polar surface area (TPSA) is 21.6 Å². The fraction of sp³-hybridized carbons (Fsp3) is 0.364. The number of hydrogen-bond acceptors (Lipinski definition) is 2. The zero-order valence-electron chi connectivity index (χ0n) is 8.49. The lowest BCUT2D eigenvalue weighted by atomic mass is 10.1. The van der Waals surface area contributed by atoms with Crippen LogP contribution in [-0.4, -0.2) is 12.8 Å². The second-order valence-electron chi connectivity index (χ2n) is 3.00. The molecule has 0 radical (unpaired) electrons. The Morgan fingerprint density at radius 3 is 2.80 bits per heavy atom. The first kappa shape index (κ1) is 11.6. The van der Waals surface area contributed by atoms with E-state index < -0.39 is 6.43 Å². The average molecular weight is 213 g/mol. The van der Waals surface area contributed by atoms with E-state index in [4.69, 9.17) is 4.84 Å². The molecule has 0 aliphatic rings. The van der Waals surface area contributed by atoms with Gasteiger partial charge < -0.3 is 4.84 Å². The van der Waals surface area contributed by atoms with E-state index in [1.165, 1.54) is 12.3 Å². The lowest BCUT2D eigenvalue weighted by Crippen LogP contribution is -1.94. The SMILES string of the molecule is CCCON=Cc1ccccc1C(F)F. The monoisotopic (exact) mass is 213 g/mol. The zero-order valence-corrected chi connectivity index (χ0v) is 8.49. The van der Waals surface area contributed by atoms with Gasteiger partial charge in [0.1, 0.15) is 6.61 Å². The second-order valence-corrected chi connectivity index (χ2v) is 3.00. The lowest BCUT2D eigenvalue weighted by molar-refractivity contribution is 0.145. The van der Waals surface area contributed by atoms with Gasteiger partial charge in [-0.15, -0.1) is 0 Å². The van der Waals surface area contributed by atoms with Crippen LogP contribution in [0.4, 0.5) is 8.78 Å². The third kappa shape index (κ3) is 3.65. The van der Waals surface area contributed by atoms with Gasteiger partial charge in [-0.3, -0.25) is 0 Å². The molecule has 0 saturated heterocycles. The van der Waals surface area contributed by atoms with Crippen LogP contribution in [0.1, 0.15) is 30.9 Å². The molecule has 0 atom stereocenters. The minimum Gasteiger partial charge on any atom is -0.396 e. The average Bonchev–Trinajstić information content (AvgIpc) is 2.25. The first-order chi connectivity index (χ1) is 7.25. The van der Waals surface area contributed by atoms with Crippen molar-refractivity contribution < 1.29 is 13.6 Å². The van der Waals surface area contributed by atoms with E-state index in [1.54, 1.807) is 18.2 Å². The van der Waals surface area contributed by atoms with Crippen molar-refractivity contribution >= 4 is 6.21 Å². The number of benzene rings is 1. The van der Waals surface area contributed by atoms with Crippen molar-refractivity contribution in [3.63, 3.8) is 0 Å². The molecule has 82 valence electrons. The molecule has 2 nitrogen and oxygen atoms in total. The number of halogens is 2. The molecule has 0 bridgehead atoms. The maximum absolute atomic E-state index is 12.5. The summed E-state index contributed by atoms with van der Waals surface area (Å²) in [6.45, 7) is 2.44. The third-order valence-corrected chi connectivity index (χ3v) is 1.79. The molecule has 0 fully saturated rings. The summed E-state index contributed by atoms with van der Waals surface area (Å²) in [6.07, 6.45) is -0.329. The summed E-state index contributed by atoms with van der Waals surface area (Å²) in [5.41, 5.74) is 0.366. The number of oxime groups is 1. The van der Waals surface area contributed by atoms with E-state index in [-0.39, 0.29) is 5.56 Å². The highest BCUT2D eigenvalue weighted by atomic mass is 19.3. The van der Waals surface area contributed by atoms with Crippen LogP contribution in [0.2, 0.25) is 0 Å². The van der Waals surface area contributed by atoms with Crippen LogP contribution < -0.4 is 0 Å². The third-order valence-electron chi connectivity index (χ3n) is 1.79. The Morgan fingerprint density at radius 2 is 2.13 bits per heavy atom. The largest absolute Gasteiger partial charge is 0.396 e. The van der Waals surface area contributed by atoms with Gasteiger partial charge in [-0.05, 0) is 6.42 Å². The van der Waals surface area contributed by atoms with Crippen LogP contribution in [0.25, 0.3) is 0 Å². The molecule has 0 saturated carbocycles.